The Bertz CT molecular complexity index is 598. The van der Waals surface area contributed by atoms with E-state index >= 15 is 0 Å². The fourth-order valence-electron chi connectivity index (χ4n) is 5.36. The van der Waals surface area contributed by atoms with Crippen LogP contribution in [0.3, 0.4) is 0 Å². The first kappa shape index (κ1) is 38.4. The molecule has 1 atom stereocenters. The zero-order valence-electron chi connectivity index (χ0n) is 26.5. The Labute approximate surface area is 248 Å². The molecule has 0 rings (SSSR count). The van der Waals surface area contributed by atoms with Gasteiger partial charge in [-0.2, -0.15) is 0 Å². The predicted molar refractivity (Wildman–Crippen MR) is 172 cm³/mol. The van der Waals surface area contributed by atoms with Gasteiger partial charge in [0.15, 0.2) is 0 Å². The maximum absolute atomic E-state index is 12.0. The molecule has 1 unspecified atom stereocenters. The average molecular weight is 563 g/mol. The molecule has 0 saturated heterocycles. The number of unbranched alkanes of at least 4 members (excludes halogenated alkanes) is 23. The minimum absolute atomic E-state index is 0.145. The molecule has 0 aliphatic rings. The smallest absolute Gasteiger partial charge is 0.309 e. The third-order valence-corrected chi connectivity index (χ3v) is 7.91. The maximum atomic E-state index is 12.0. The molecule has 0 aromatic heterocycles. The molecule has 234 valence electrons. The molecule has 0 fully saturated rings. The Hall–Kier alpha value is -1.58. The normalized spacial score (nSPS) is 12.1. The SMILES string of the molecule is C=CCOC(=O)C(CCCCCCCCCCCCCCCCC/C=C/CCCCCCCCCC)CC(=O)O. The fourth-order valence-corrected chi connectivity index (χ4v) is 5.36. The third kappa shape index (κ3) is 29.4. The van der Waals surface area contributed by atoms with E-state index in [0.717, 1.165) is 19.3 Å². The molecule has 0 aliphatic carbocycles. The first-order valence-electron chi connectivity index (χ1n) is 17.3. The summed E-state index contributed by atoms with van der Waals surface area (Å²) in [5, 5.41) is 9.03. The molecule has 4 heteroatoms. The van der Waals surface area contributed by atoms with E-state index in [0.29, 0.717) is 6.42 Å². The molecule has 0 bridgehead atoms. The molecular weight excluding hydrogens is 496 g/mol. The number of rotatable bonds is 32. The van der Waals surface area contributed by atoms with Gasteiger partial charge in [0.25, 0.3) is 0 Å². The van der Waals surface area contributed by atoms with Gasteiger partial charge in [0.1, 0.15) is 6.61 Å². The van der Waals surface area contributed by atoms with Gasteiger partial charge in [-0.25, -0.2) is 0 Å². The van der Waals surface area contributed by atoms with Crippen molar-refractivity contribution in [2.24, 2.45) is 5.92 Å². The van der Waals surface area contributed by atoms with Crippen molar-refractivity contribution >= 4 is 11.9 Å². The lowest BCUT2D eigenvalue weighted by molar-refractivity contribution is -0.152. The van der Waals surface area contributed by atoms with Crippen molar-refractivity contribution in [2.45, 2.75) is 180 Å². The molecule has 1 N–H and O–H groups in total. The Balaban J connectivity index is 3.34. The van der Waals surface area contributed by atoms with Crippen LogP contribution in [0.1, 0.15) is 180 Å². The highest BCUT2D eigenvalue weighted by Crippen LogP contribution is 2.18. The molecular formula is C36H66O4. The zero-order valence-corrected chi connectivity index (χ0v) is 26.5. The average Bonchev–Trinajstić information content (AvgIpc) is 2.94. The second-order valence-electron chi connectivity index (χ2n) is 11.8. The van der Waals surface area contributed by atoms with Gasteiger partial charge in [-0.15, -0.1) is 0 Å². The topological polar surface area (TPSA) is 63.6 Å². The van der Waals surface area contributed by atoms with Crippen LogP contribution < -0.4 is 0 Å². The van der Waals surface area contributed by atoms with E-state index in [-0.39, 0.29) is 13.0 Å². The standard InChI is InChI=1S/C36H66O4/c1-3-5-6-7-8-9-10-11-12-13-14-15-16-17-18-19-20-21-22-23-24-25-26-27-28-29-30-31-34(33-35(37)38)36(39)40-32-4-2/h4,13-14,34H,2-3,5-12,15-33H2,1H3,(H,37,38)/b14-13+. The largest absolute Gasteiger partial charge is 0.481 e. The molecule has 0 aromatic rings. The summed E-state index contributed by atoms with van der Waals surface area (Å²) in [6, 6.07) is 0. The lowest BCUT2D eigenvalue weighted by Gasteiger charge is -2.13. The molecule has 0 spiro atoms. The molecule has 0 saturated carbocycles. The fraction of sp³-hybridized carbons (Fsp3) is 0.833. The number of allylic oxidation sites excluding steroid dienone is 2. The number of aliphatic carboxylic acids is 1. The first-order valence-corrected chi connectivity index (χ1v) is 17.3. The number of esters is 1. The van der Waals surface area contributed by atoms with E-state index < -0.39 is 17.9 Å². The van der Waals surface area contributed by atoms with Gasteiger partial charge in [-0.3, -0.25) is 9.59 Å². The molecule has 0 amide bonds. The summed E-state index contributed by atoms with van der Waals surface area (Å²) in [4.78, 5) is 23.0. The molecule has 0 aliphatic heterocycles. The van der Waals surface area contributed by atoms with Crippen molar-refractivity contribution in [3.05, 3.63) is 24.8 Å². The molecule has 0 heterocycles. The van der Waals surface area contributed by atoms with Gasteiger partial charge in [0, 0.05) is 0 Å². The Morgan fingerprint density at radius 3 is 1.38 bits per heavy atom. The second kappa shape index (κ2) is 31.9. The van der Waals surface area contributed by atoms with Crippen molar-refractivity contribution in [2.75, 3.05) is 6.61 Å². The summed E-state index contributed by atoms with van der Waals surface area (Å²) >= 11 is 0. The number of ether oxygens (including phenoxy) is 1. The second-order valence-corrected chi connectivity index (χ2v) is 11.8. The molecule has 0 radical (unpaired) electrons. The van der Waals surface area contributed by atoms with Gasteiger partial charge < -0.3 is 9.84 Å². The zero-order chi connectivity index (χ0) is 29.4. The molecule has 40 heavy (non-hydrogen) atoms. The van der Waals surface area contributed by atoms with Crippen LogP contribution in [0.15, 0.2) is 24.8 Å². The number of carbonyl (C=O) groups excluding carboxylic acids is 1. The van der Waals surface area contributed by atoms with Crippen LogP contribution in [0.5, 0.6) is 0 Å². The lowest BCUT2D eigenvalue weighted by Crippen LogP contribution is -2.21. The maximum Gasteiger partial charge on any atom is 0.309 e. The van der Waals surface area contributed by atoms with Gasteiger partial charge >= 0.3 is 11.9 Å². The van der Waals surface area contributed by atoms with Crippen molar-refractivity contribution in [3.8, 4) is 0 Å². The highest BCUT2D eigenvalue weighted by Gasteiger charge is 2.22. The summed E-state index contributed by atoms with van der Waals surface area (Å²) < 4.78 is 5.04. The van der Waals surface area contributed by atoms with Gasteiger partial charge in [-0.1, -0.05) is 167 Å². The minimum atomic E-state index is -0.941. The van der Waals surface area contributed by atoms with Crippen LogP contribution in [-0.2, 0) is 14.3 Å². The third-order valence-electron chi connectivity index (χ3n) is 7.91. The van der Waals surface area contributed by atoms with Crippen LogP contribution in [0.2, 0.25) is 0 Å². The summed E-state index contributed by atoms with van der Waals surface area (Å²) in [6.45, 7) is 5.96. The van der Waals surface area contributed by atoms with Crippen LogP contribution in [-0.4, -0.2) is 23.7 Å². The van der Waals surface area contributed by atoms with E-state index in [1.54, 1.807) is 0 Å². The van der Waals surface area contributed by atoms with E-state index in [1.165, 1.54) is 147 Å². The first-order chi connectivity index (χ1) is 19.6. The van der Waals surface area contributed by atoms with E-state index in [2.05, 4.69) is 25.7 Å². The van der Waals surface area contributed by atoms with Crippen molar-refractivity contribution < 1.29 is 19.4 Å². The van der Waals surface area contributed by atoms with E-state index in [4.69, 9.17) is 9.84 Å². The summed E-state index contributed by atoms with van der Waals surface area (Å²) in [6.07, 6.45) is 40.0. The molecule has 4 nitrogen and oxygen atoms in total. The van der Waals surface area contributed by atoms with Crippen molar-refractivity contribution in [1.82, 2.24) is 0 Å². The van der Waals surface area contributed by atoms with Gasteiger partial charge in [-0.05, 0) is 32.1 Å². The number of carboxylic acid groups (broad SMARTS) is 1. The van der Waals surface area contributed by atoms with Gasteiger partial charge in [0.2, 0.25) is 0 Å². The number of hydrogen-bond donors (Lipinski definition) is 1. The quantitative estimate of drug-likeness (QED) is 0.0503. The van der Waals surface area contributed by atoms with Crippen LogP contribution in [0, 0.1) is 5.92 Å². The number of hydrogen-bond acceptors (Lipinski definition) is 3. The van der Waals surface area contributed by atoms with Crippen molar-refractivity contribution in [3.63, 3.8) is 0 Å². The minimum Gasteiger partial charge on any atom is -0.481 e. The Morgan fingerprint density at radius 2 is 1.00 bits per heavy atom. The van der Waals surface area contributed by atoms with Gasteiger partial charge in [0.05, 0.1) is 12.3 Å². The number of carbonyl (C=O) groups is 2. The van der Waals surface area contributed by atoms with Crippen LogP contribution in [0.4, 0.5) is 0 Å². The Morgan fingerprint density at radius 1 is 0.625 bits per heavy atom. The molecule has 0 aromatic carbocycles. The van der Waals surface area contributed by atoms with E-state index in [1.807, 2.05) is 0 Å². The Kier molecular flexibility index (Phi) is 30.7. The van der Waals surface area contributed by atoms with Crippen molar-refractivity contribution in [1.29, 1.82) is 0 Å². The summed E-state index contributed by atoms with van der Waals surface area (Å²) in [5.41, 5.74) is 0. The predicted octanol–water partition coefficient (Wildman–Crippen LogP) is 11.5. The highest BCUT2D eigenvalue weighted by molar-refractivity contribution is 5.79. The monoisotopic (exact) mass is 562 g/mol. The number of carboxylic acids is 1. The lowest BCUT2D eigenvalue weighted by atomic mass is 9.97. The van der Waals surface area contributed by atoms with Crippen LogP contribution in [0.25, 0.3) is 0 Å². The van der Waals surface area contributed by atoms with Crippen LogP contribution >= 0.6 is 0 Å². The summed E-state index contributed by atoms with van der Waals surface area (Å²) in [7, 11) is 0. The van der Waals surface area contributed by atoms with E-state index in [9.17, 15) is 9.59 Å². The summed E-state index contributed by atoms with van der Waals surface area (Å²) in [5.74, 6) is -1.88. The highest BCUT2D eigenvalue weighted by atomic mass is 16.5.